The van der Waals surface area contributed by atoms with Crippen LogP contribution in [0.25, 0.3) is 0 Å². The number of aliphatic carboxylic acids is 1. The molecule has 26 heavy (non-hydrogen) atoms. The number of carbonyl (C=O) groups excluding carboxylic acids is 1. The van der Waals surface area contributed by atoms with Crippen LogP contribution in [0.1, 0.15) is 52.7 Å². The molecule has 1 aromatic carbocycles. The fraction of sp³-hybridized carbons (Fsp3) is 0.421. The molecule has 0 saturated carbocycles. The number of aromatic nitrogens is 1. The van der Waals surface area contributed by atoms with Crippen LogP contribution in [0.3, 0.4) is 0 Å². The van der Waals surface area contributed by atoms with Crippen molar-refractivity contribution in [3.63, 3.8) is 0 Å². The van der Waals surface area contributed by atoms with Gasteiger partial charge in [0, 0.05) is 16.1 Å². The smallest absolute Gasteiger partial charge is 0.326 e. The fourth-order valence-corrected chi connectivity index (χ4v) is 3.32. The zero-order valence-corrected chi connectivity index (χ0v) is 16.4. The Bertz CT molecular complexity index is 782. The van der Waals surface area contributed by atoms with Gasteiger partial charge in [0.1, 0.15) is 6.04 Å². The first-order valence-corrected chi connectivity index (χ1v) is 9.48. The molecular formula is C19H25N3O3S. The van der Waals surface area contributed by atoms with Crippen LogP contribution in [0.5, 0.6) is 0 Å². The number of rotatable bonds is 8. The molecular weight excluding hydrogens is 350 g/mol. The van der Waals surface area contributed by atoms with Crippen LogP contribution >= 0.6 is 11.3 Å². The van der Waals surface area contributed by atoms with Crippen molar-refractivity contribution in [3.8, 4) is 0 Å². The molecule has 0 aliphatic carbocycles. The lowest BCUT2D eigenvalue weighted by molar-refractivity contribution is -0.138. The van der Waals surface area contributed by atoms with E-state index in [1.807, 2.05) is 33.8 Å². The number of hydrogen-bond acceptors (Lipinski definition) is 5. The largest absolute Gasteiger partial charge is 0.480 e. The first-order chi connectivity index (χ1) is 12.3. The molecule has 7 heteroatoms. The van der Waals surface area contributed by atoms with Crippen LogP contribution in [0.4, 0.5) is 10.8 Å². The third-order valence-electron chi connectivity index (χ3n) is 4.22. The van der Waals surface area contributed by atoms with Crippen LogP contribution in [0, 0.1) is 20.8 Å². The van der Waals surface area contributed by atoms with Gasteiger partial charge in [0.05, 0.1) is 5.69 Å². The molecule has 0 bridgehead atoms. The Hall–Kier alpha value is -2.41. The summed E-state index contributed by atoms with van der Waals surface area (Å²) in [6, 6.07) is 4.64. The summed E-state index contributed by atoms with van der Waals surface area (Å²) in [5, 5.41) is 15.8. The Kier molecular flexibility index (Phi) is 6.74. The highest BCUT2D eigenvalue weighted by molar-refractivity contribution is 7.15. The minimum Gasteiger partial charge on any atom is -0.480 e. The summed E-state index contributed by atoms with van der Waals surface area (Å²) in [4.78, 5) is 29.4. The number of carboxylic acid groups (broad SMARTS) is 1. The van der Waals surface area contributed by atoms with Crippen molar-refractivity contribution in [2.24, 2.45) is 0 Å². The number of nitrogens with one attached hydrogen (secondary N) is 2. The average Bonchev–Trinajstić information content (AvgIpc) is 2.90. The summed E-state index contributed by atoms with van der Waals surface area (Å²) in [5.41, 5.74) is 2.84. The number of aryl methyl sites for hydroxylation is 3. The van der Waals surface area contributed by atoms with Crippen molar-refractivity contribution >= 4 is 34.0 Å². The van der Waals surface area contributed by atoms with Gasteiger partial charge in [-0.1, -0.05) is 25.8 Å². The highest BCUT2D eigenvalue weighted by atomic mass is 32.1. The van der Waals surface area contributed by atoms with Crippen LogP contribution in [0.15, 0.2) is 18.2 Å². The molecule has 1 unspecified atom stereocenters. The maximum absolute atomic E-state index is 12.6. The lowest BCUT2D eigenvalue weighted by Gasteiger charge is -2.16. The maximum Gasteiger partial charge on any atom is 0.326 e. The molecule has 140 valence electrons. The highest BCUT2D eigenvalue weighted by Gasteiger charge is 2.18. The van der Waals surface area contributed by atoms with Gasteiger partial charge in [-0.05, 0) is 44.9 Å². The molecule has 2 aromatic rings. The fourth-order valence-electron chi connectivity index (χ4n) is 2.51. The number of carboxylic acids is 1. The molecule has 0 spiro atoms. The Labute approximate surface area is 157 Å². The van der Waals surface area contributed by atoms with Gasteiger partial charge in [-0.15, -0.1) is 11.3 Å². The Balaban J connectivity index is 2.17. The van der Waals surface area contributed by atoms with E-state index in [1.165, 1.54) is 11.3 Å². The molecule has 0 radical (unpaired) electrons. The number of benzene rings is 1. The van der Waals surface area contributed by atoms with Crippen molar-refractivity contribution in [3.05, 3.63) is 39.9 Å². The van der Waals surface area contributed by atoms with Crippen LogP contribution < -0.4 is 10.6 Å². The van der Waals surface area contributed by atoms with E-state index in [4.69, 9.17) is 0 Å². The predicted molar refractivity (Wildman–Crippen MR) is 105 cm³/mol. The summed E-state index contributed by atoms with van der Waals surface area (Å²) < 4.78 is 0. The Morgan fingerprint density at radius 2 is 2.00 bits per heavy atom. The minimum absolute atomic E-state index is 0.250. The first kappa shape index (κ1) is 19.9. The van der Waals surface area contributed by atoms with E-state index < -0.39 is 12.0 Å². The Morgan fingerprint density at radius 1 is 1.27 bits per heavy atom. The predicted octanol–water partition coefficient (Wildman–Crippen LogP) is 4.38. The summed E-state index contributed by atoms with van der Waals surface area (Å²) >= 11 is 1.43. The van der Waals surface area contributed by atoms with Gasteiger partial charge in [0.15, 0.2) is 5.13 Å². The van der Waals surface area contributed by atoms with Crippen LogP contribution in [-0.4, -0.2) is 28.0 Å². The number of amides is 1. The summed E-state index contributed by atoms with van der Waals surface area (Å²) in [6.45, 7) is 7.73. The third-order valence-corrected chi connectivity index (χ3v) is 5.20. The number of nitrogens with zero attached hydrogens (tertiary/aromatic N) is 1. The van der Waals surface area contributed by atoms with Crippen LogP contribution in [0.2, 0.25) is 0 Å². The number of hydrogen-bond donors (Lipinski definition) is 3. The highest BCUT2D eigenvalue weighted by Crippen LogP contribution is 2.23. The average molecular weight is 375 g/mol. The third kappa shape index (κ3) is 5.05. The zero-order valence-electron chi connectivity index (χ0n) is 15.5. The normalized spacial score (nSPS) is 11.8. The molecule has 3 N–H and O–H groups in total. The van der Waals surface area contributed by atoms with E-state index >= 15 is 0 Å². The van der Waals surface area contributed by atoms with Crippen molar-refractivity contribution in [2.45, 2.75) is 53.0 Å². The summed E-state index contributed by atoms with van der Waals surface area (Å²) in [7, 11) is 0. The van der Waals surface area contributed by atoms with Gasteiger partial charge >= 0.3 is 5.97 Å². The molecule has 1 heterocycles. The first-order valence-electron chi connectivity index (χ1n) is 8.67. The maximum atomic E-state index is 12.6. The van der Waals surface area contributed by atoms with Gasteiger partial charge in [-0.2, -0.15) is 0 Å². The van der Waals surface area contributed by atoms with Crippen molar-refractivity contribution in [1.29, 1.82) is 0 Å². The molecule has 6 nitrogen and oxygen atoms in total. The second-order valence-electron chi connectivity index (χ2n) is 6.32. The standard InChI is InChI=1S/C19H25N3O3S/c1-5-6-7-16(18(24)25)21-14-9-8-11(2)15(10-14)17(23)22-19-20-12(3)13(4)26-19/h8-10,16,21H,5-7H2,1-4H3,(H,24,25)(H,20,22,23). The molecule has 0 saturated heterocycles. The number of anilines is 2. The number of unbranched alkanes of at least 4 members (excludes halogenated alkanes) is 1. The lowest BCUT2D eigenvalue weighted by atomic mass is 10.1. The van der Waals surface area contributed by atoms with Gasteiger partial charge in [-0.3, -0.25) is 10.1 Å². The Morgan fingerprint density at radius 3 is 2.58 bits per heavy atom. The molecule has 1 atom stereocenters. The zero-order chi connectivity index (χ0) is 19.3. The molecule has 0 aliphatic rings. The monoisotopic (exact) mass is 375 g/mol. The van der Waals surface area contributed by atoms with Crippen molar-refractivity contribution < 1.29 is 14.7 Å². The second-order valence-corrected chi connectivity index (χ2v) is 7.53. The molecule has 2 rings (SSSR count). The summed E-state index contributed by atoms with van der Waals surface area (Å²) in [6.07, 6.45) is 2.30. The molecule has 1 amide bonds. The van der Waals surface area contributed by atoms with E-state index in [-0.39, 0.29) is 5.91 Å². The van der Waals surface area contributed by atoms with E-state index in [1.54, 1.807) is 12.1 Å². The molecule has 0 fully saturated rings. The van der Waals surface area contributed by atoms with E-state index in [0.717, 1.165) is 29.0 Å². The number of carbonyl (C=O) groups is 2. The van der Waals surface area contributed by atoms with Gasteiger partial charge in [0.25, 0.3) is 5.91 Å². The summed E-state index contributed by atoms with van der Waals surface area (Å²) in [5.74, 6) is -1.14. The second kappa shape index (κ2) is 8.80. The van der Waals surface area contributed by atoms with Crippen molar-refractivity contribution in [1.82, 2.24) is 4.98 Å². The van der Waals surface area contributed by atoms with Crippen LogP contribution in [-0.2, 0) is 4.79 Å². The SMILES string of the molecule is CCCCC(Nc1ccc(C)c(C(=O)Nc2nc(C)c(C)s2)c1)C(=O)O. The topological polar surface area (TPSA) is 91.3 Å². The van der Waals surface area contributed by atoms with E-state index in [0.29, 0.717) is 22.8 Å². The van der Waals surface area contributed by atoms with Crippen molar-refractivity contribution in [2.75, 3.05) is 10.6 Å². The van der Waals surface area contributed by atoms with Gasteiger partial charge in [-0.25, -0.2) is 9.78 Å². The van der Waals surface area contributed by atoms with Gasteiger partial charge < -0.3 is 10.4 Å². The van der Waals surface area contributed by atoms with Gasteiger partial charge in [0.2, 0.25) is 0 Å². The molecule has 0 aliphatic heterocycles. The minimum atomic E-state index is -0.890. The number of thiazole rings is 1. The molecule has 1 aromatic heterocycles. The quantitative estimate of drug-likeness (QED) is 0.637. The lowest BCUT2D eigenvalue weighted by Crippen LogP contribution is -2.29. The van der Waals surface area contributed by atoms with E-state index in [9.17, 15) is 14.7 Å². The van der Waals surface area contributed by atoms with E-state index in [2.05, 4.69) is 15.6 Å².